The van der Waals surface area contributed by atoms with Crippen LogP contribution < -0.4 is 5.32 Å². The summed E-state index contributed by atoms with van der Waals surface area (Å²) < 4.78 is 5.14. The van der Waals surface area contributed by atoms with Gasteiger partial charge in [0.1, 0.15) is 6.04 Å². The largest absolute Gasteiger partial charge is 0.443 e. The molecule has 1 amide bonds. The van der Waals surface area contributed by atoms with Gasteiger partial charge in [-0.1, -0.05) is 48.5 Å². The van der Waals surface area contributed by atoms with Crippen molar-refractivity contribution >= 4 is 11.9 Å². The molecule has 1 heterocycles. The molecular formula is C23H26N2O3. The lowest BCUT2D eigenvalue weighted by molar-refractivity contribution is -0.139. The lowest BCUT2D eigenvalue weighted by Crippen LogP contribution is -2.38. The van der Waals surface area contributed by atoms with Gasteiger partial charge in [0.25, 0.3) is 5.91 Å². The molecule has 1 saturated heterocycles. The number of ether oxygens (including phenoxy) is 1. The SMILES string of the molecule is O=C1OCN(C(=O)c2ccccc2)C1CCCCN[C@@H]1C[C@H]1c1ccccc1. The first-order valence-corrected chi connectivity index (χ1v) is 10.0. The van der Waals surface area contributed by atoms with Crippen molar-refractivity contribution in [2.45, 2.75) is 43.7 Å². The summed E-state index contributed by atoms with van der Waals surface area (Å²) in [6.07, 6.45) is 3.70. The molecule has 0 bridgehead atoms. The number of hydrogen-bond acceptors (Lipinski definition) is 4. The molecule has 1 aliphatic carbocycles. The number of hydrogen-bond donors (Lipinski definition) is 1. The van der Waals surface area contributed by atoms with Gasteiger partial charge in [-0.05, 0) is 49.9 Å². The Morgan fingerprint density at radius 1 is 1.04 bits per heavy atom. The van der Waals surface area contributed by atoms with Crippen LogP contribution in [-0.2, 0) is 9.53 Å². The van der Waals surface area contributed by atoms with Crippen molar-refractivity contribution < 1.29 is 14.3 Å². The molecule has 2 aliphatic rings. The lowest BCUT2D eigenvalue weighted by Gasteiger charge is -2.20. The third-order valence-electron chi connectivity index (χ3n) is 5.60. The van der Waals surface area contributed by atoms with Crippen LogP contribution in [-0.4, -0.2) is 42.1 Å². The molecule has 5 heteroatoms. The van der Waals surface area contributed by atoms with Gasteiger partial charge in [0.15, 0.2) is 6.73 Å². The van der Waals surface area contributed by atoms with Gasteiger partial charge in [0.2, 0.25) is 0 Å². The normalized spacial score (nSPS) is 23.5. The van der Waals surface area contributed by atoms with Crippen LogP contribution in [0.5, 0.6) is 0 Å². The van der Waals surface area contributed by atoms with Crippen molar-refractivity contribution in [2.24, 2.45) is 0 Å². The van der Waals surface area contributed by atoms with E-state index in [2.05, 4.69) is 29.6 Å². The standard InChI is InChI=1S/C23H26N2O3/c26-22(18-11-5-2-6-12-18)25-16-28-23(27)21(25)13-7-8-14-24-20-15-19(20)17-9-3-1-4-10-17/h1-6,9-12,19-21,24H,7-8,13-16H2/t19-,20+,21?/m0/s1. The summed E-state index contributed by atoms with van der Waals surface area (Å²) in [5.74, 6) is 0.201. The number of carbonyl (C=O) groups excluding carboxylic acids is 2. The Hall–Kier alpha value is -2.66. The van der Waals surface area contributed by atoms with Crippen LogP contribution in [0.4, 0.5) is 0 Å². The molecule has 1 aliphatic heterocycles. The Morgan fingerprint density at radius 2 is 1.75 bits per heavy atom. The maximum Gasteiger partial charge on any atom is 0.330 e. The first kappa shape index (κ1) is 18.7. The van der Waals surface area contributed by atoms with Gasteiger partial charge in [-0.3, -0.25) is 9.69 Å². The highest BCUT2D eigenvalue weighted by molar-refractivity contribution is 5.97. The first-order valence-electron chi connectivity index (χ1n) is 10.0. The molecule has 2 fully saturated rings. The van der Waals surface area contributed by atoms with E-state index in [1.807, 2.05) is 24.3 Å². The van der Waals surface area contributed by atoms with Crippen molar-refractivity contribution in [1.82, 2.24) is 10.2 Å². The van der Waals surface area contributed by atoms with E-state index in [-0.39, 0.29) is 18.6 Å². The summed E-state index contributed by atoms with van der Waals surface area (Å²) in [6.45, 7) is 0.985. The third kappa shape index (κ3) is 4.25. The summed E-state index contributed by atoms with van der Waals surface area (Å²) >= 11 is 0. The summed E-state index contributed by atoms with van der Waals surface area (Å²) in [4.78, 5) is 26.3. The predicted molar refractivity (Wildman–Crippen MR) is 107 cm³/mol. The van der Waals surface area contributed by atoms with Crippen LogP contribution >= 0.6 is 0 Å². The van der Waals surface area contributed by atoms with E-state index >= 15 is 0 Å². The summed E-state index contributed by atoms with van der Waals surface area (Å²) in [5.41, 5.74) is 2.00. The van der Waals surface area contributed by atoms with Crippen molar-refractivity contribution in [3.05, 3.63) is 71.8 Å². The smallest absolute Gasteiger partial charge is 0.330 e. The highest BCUT2D eigenvalue weighted by Gasteiger charge is 2.38. The van der Waals surface area contributed by atoms with E-state index in [1.165, 1.54) is 12.0 Å². The van der Waals surface area contributed by atoms with E-state index in [0.717, 1.165) is 19.4 Å². The molecule has 4 rings (SSSR count). The fourth-order valence-corrected chi connectivity index (χ4v) is 3.91. The second-order valence-corrected chi connectivity index (χ2v) is 7.56. The van der Waals surface area contributed by atoms with E-state index < -0.39 is 6.04 Å². The minimum absolute atomic E-state index is 0.0519. The van der Waals surface area contributed by atoms with Crippen molar-refractivity contribution in [2.75, 3.05) is 13.3 Å². The van der Waals surface area contributed by atoms with Gasteiger partial charge in [0, 0.05) is 17.5 Å². The van der Waals surface area contributed by atoms with Gasteiger partial charge in [-0.15, -0.1) is 0 Å². The summed E-state index contributed by atoms with van der Waals surface area (Å²) in [6, 6.07) is 19.8. The first-order chi connectivity index (χ1) is 13.7. The number of nitrogens with one attached hydrogen (secondary N) is 1. The van der Waals surface area contributed by atoms with Gasteiger partial charge >= 0.3 is 5.97 Å². The molecule has 5 nitrogen and oxygen atoms in total. The molecule has 0 aromatic heterocycles. The molecule has 3 atom stereocenters. The van der Waals surface area contributed by atoms with Gasteiger partial charge in [-0.2, -0.15) is 0 Å². The van der Waals surface area contributed by atoms with E-state index in [0.29, 0.717) is 23.9 Å². The predicted octanol–water partition coefficient (Wildman–Crippen LogP) is 3.33. The minimum Gasteiger partial charge on any atom is -0.443 e. The monoisotopic (exact) mass is 378 g/mol. The molecule has 0 radical (unpaired) electrons. The number of benzene rings is 2. The molecule has 1 unspecified atom stereocenters. The fraction of sp³-hybridized carbons (Fsp3) is 0.391. The van der Waals surface area contributed by atoms with E-state index in [1.54, 1.807) is 17.0 Å². The number of rotatable bonds is 8. The second kappa shape index (κ2) is 8.57. The molecule has 0 spiro atoms. The topological polar surface area (TPSA) is 58.6 Å². The zero-order valence-electron chi connectivity index (χ0n) is 15.9. The number of unbranched alkanes of at least 4 members (excludes halogenated alkanes) is 1. The molecule has 28 heavy (non-hydrogen) atoms. The molecule has 146 valence electrons. The van der Waals surface area contributed by atoms with Crippen LogP contribution in [0.1, 0.15) is 47.5 Å². The van der Waals surface area contributed by atoms with Crippen LogP contribution in [0, 0.1) is 0 Å². The zero-order chi connectivity index (χ0) is 19.3. The van der Waals surface area contributed by atoms with Gasteiger partial charge in [0.05, 0.1) is 0 Å². The summed E-state index contributed by atoms with van der Waals surface area (Å²) in [5, 5.41) is 3.60. The molecular weight excluding hydrogens is 352 g/mol. The number of carbonyl (C=O) groups is 2. The van der Waals surface area contributed by atoms with E-state index in [9.17, 15) is 9.59 Å². The van der Waals surface area contributed by atoms with Gasteiger partial charge in [-0.25, -0.2) is 4.79 Å². The third-order valence-corrected chi connectivity index (χ3v) is 5.60. The highest BCUT2D eigenvalue weighted by atomic mass is 16.6. The fourth-order valence-electron chi connectivity index (χ4n) is 3.91. The Kier molecular flexibility index (Phi) is 5.72. The maximum absolute atomic E-state index is 12.6. The van der Waals surface area contributed by atoms with E-state index in [4.69, 9.17) is 4.74 Å². The minimum atomic E-state index is -0.467. The quantitative estimate of drug-likeness (QED) is 0.565. The Morgan fingerprint density at radius 3 is 2.50 bits per heavy atom. The van der Waals surface area contributed by atoms with Crippen molar-refractivity contribution in [3.63, 3.8) is 0 Å². The average molecular weight is 378 g/mol. The van der Waals surface area contributed by atoms with Crippen molar-refractivity contribution in [1.29, 1.82) is 0 Å². The van der Waals surface area contributed by atoms with Crippen LogP contribution in [0.2, 0.25) is 0 Å². The Balaban J connectivity index is 1.20. The number of cyclic esters (lactones) is 1. The molecule has 1 saturated carbocycles. The number of esters is 1. The van der Waals surface area contributed by atoms with Gasteiger partial charge < -0.3 is 10.1 Å². The summed E-state index contributed by atoms with van der Waals surface area (Å²) in [7, 11) is 0. The maximum atomic E-state index is 12.6. The Bertz CT molecular complexity index is 809. The zero-order valence-corrected chi connectivity index (χ0v) is 15.9. The van der Waals surface area contributed by atoms with Crippen LogP contribution in [0.25, 0.3) is 0 Å². The molecule has 2 aromatic rings. The highest BCUT2D eigenvalue weighted by Crippen LogP contribution is 2.40. The molecule has 1 N–H and O–H groups in total. The second-order valence-electron chi connectivity index (χ2n) is 7.56. The number of amides is 1. The Labute approximate surface area is 165 Å². The van der Waals surface area contributed by atoms with Crippen molar-refractivity contribution in [3.8, 4) is 0 Å². The molecule has 2 aromatic carbocycles. The average Bonchev–Trinajstić information content (AvgIpc) is 3.43. The lowest BCUT2D eigenvalue weighted by atomic mass is 10.1. The number of nitrogens with zero attached hydrogens (tertiary/aromatic N) is 1. The van der Waals surface area contributed by atoms with Crippen LogP contribution in [0.15, 0.2) is 60.7 Å². The van der Waals surface area contributed by atoms with Crippen LogP contribution in [0.3, 0.4) is 0 Å².